The molecule has 0 aromatic heterocycles. The van der Waals surface area contributed by atoms with Crippen LogP contribution in [-0.4, -0.2) is 39.8 Å². The molecule has 0 bridgehead atoms. The van der Waals surface area contributed by atoms with Crippen LogP contribution in [0, 0.1) is 13.8 Å². The number of nitrogens with one attached hydrogen (secondary N) is 1. The maximum atomic E-state index is 12.5. The molecule has 0 heterocycles. The lowest BCUT2D eigenvalue weighted by atomic mass is 10.1. The van der Waals surface area contributed by atoms with Crippen molar-refractivity contribution in [1.29, 1.82) is 0 Å². The van der Waals surface area contributed by atoms with Gasteiger partial charge in [-0.1, -0.05) is 23.7 Å². The van der Waals surface area contributed by atoms with E-state index in [-0.39, 0.29) is 13.2 Å². The predicted molar refractivity (Wildman–Crippen MR) is 113 cm³/mol. The third-order valence-corrected chi connectivity index (χ3v) is 5.88. The Hall–Kier alpha value is -2.25. The van der Waals surface area contributed by atoms with Gasteiger partial charge in [-0.3, -0.25) is 9.10 Å². The maximum absolute atomic E-state index is 12.5. The smallest absolute Gasteiger partial charge is 0.243 e. The number of halogens is 1. The standard InChI is InChI=1S/C20H25ClN2O4S/c1-14-6-5-7-19(15(14)2)27-13-12-22-20(24)16(3)23(28(4,25)26)18-10-8-17(21)9-11-18/h5-11,16H,12-13H2,1-4H3,(H,22,24)/t16-/m0/s1. The highest BCUT2D eigenvalue weighted by atomic mass is 35.5. The van der Waals surface area contributed by atoms with Gasteiger partial charge < -0.3 is 10.1 Å². The Labute approximate surface area is 171 Å². The molecule has 152 valence electrons. The van der Waals surface area contributed by atoms with E-state index >= 15 is 0 Å². The quantitative estimate of drug-likeness (QED) is 0.659. The number of ether oxygens (including phenoxy) is 1. The molecule has 1 N–H and O–H groups in total. The van der Waals surface area contributed by atoms with Crippen molar-refractivity contribution in [3.8, 4) is 5.75 Å². The number of hydrogen-bond acceptors (Lipinski definition) is 4. The molecule has 1 atom stereocenters. The van der Waals surface area contributed by atoms with Crippen LogP contribution < -0.4 is 14.4 Å². The molecule has 2 aromatic carbocycles. The van der Waals surface area contributed by atoms with E-state index in [4.69, 9.17) is 16.3 Å². The molecule has 0 aliphatic heterocycles. The number of rotatable bonds is 8. The monoisotopic (exact) mass is 424 g/mol. The summed E-state index contributed by atoms with van der Waals surface area (Å²) in [5.74, 6) is 0.353. The molecule has 2 rings (SSSR count). The van der Waals surface area contributed by atoms with Crippen LogP contribution in [0.15, 0.2) is 42.5 Å². The van der Waals surface area contributed by atoms with Gasteiger partial charge in [-0.05, 0) is 62.2 Å². The Morgan fingerprint density at radius 1 is 1.18 bits per heavy atom. The average Bonchev–Trinajstić information content (AvgIpc) is 2.62. The minimum Gasteiger partial charge on any atom is -0.491 e. The lowest BCUT2D eigenvalue weighted by Crippen LogP contribution is -2.48. The van der Waals surface area contributed by atoms with E-state index in [1.807, 2.05) is 32.0 Å². The van der Waals surface area contributed by atoms with E-state index in [0.717, 1.165) is 27.4 Å². The lowest BCUT2D eigenvalue weighted by molar-refractivity contribution is -0.121. The summed E-state index contributed by atoms with van der Waals surface area (Å²) in [6, 6.07) is 11.2. The number of carbonyl (C=O) groups excluding carboxylic acids is 1. The van der Waals surface area contributed by atoms with Crippen molar-refractivity contribution in [3.63, 3.8) is 0 Å². The summed E-state index contributed by atoms with van der Waals surface area (Å²) in [7, 11) is -3.66. The third kappa shape index (κ3) is 5.62. The average molecular weight is 425 g/mol. The van der Waals surface area contributed by atoms with Gasteiger partial charge in [0.05, 0.1) is 18.5 Å². The molecule has 0 unspecified atom stereocenters. The summed E-state index contributed by atoms with van der Waals surface area (Å²) in [6.07, 6.45) is 1.06. The van der Waals surface area contributed by atoms with Crippen LogP contribution in [0.5, 0.6) is 5.75 Å². The summed E-state index contributed by atoms with van der Waals surface area (Å²) in [5, 5.41) is 3.21. The first kappa shape index (κ1) is 22.0. The zero-order chi connectivity index (χ0) is 20.9. The predicted octanol–water partition coefficient (Wildman–Crippen LogP) is 3.31. The van der Waals surface area contributed by atoms with Gasteiger partial charge in [0.25, 0.3) is 0 Å². The van der Waals surface area contributed by atoms with Crippen molar-refractivity contribution in [2.45, 2.75) is 26.8 Å². The zero-order valence-corrected chi connectivity index (χ0v) is 18.0. The molecule has 0 saturated carbocycles. The number of sulfonamides is 1. The molecule has 2 aromatic rings. The van der Waals surface area contributed by atoms with Crippen LogP contribution in [-0.2, 0) is 14.8 Å². The maximum Gasteiger partial charge on any atom is 0.243 e. The van der Waals surface area contributed by atoms with Crippen LogP contribution in [0.4, 0.5) is 5.69 Å². The minimum absolute atomic E-state index is 0.259. The second kappa shape index (κ2) is 9.30. The summed E-state index contributed by atoms with van der Waals surface area (Å²) in [5.41, 5.74) is 2.55. The molecule has 0 spiro atoms. The van der Waals surface area contributed by atoms with E-state index in [9.17, 15) is 13.2 Å². The first-order valence-corrected chi connectivity index (χ1v) is 11.1. The Bertz CT molecular complexity index is 930. The summed E-state index contributed by atoms with van der Waals surface area (Å²) in [4.78, 5) is 12.5. The number of hydrogen-bond donors (Lipinski definition) is 1. The first-order valence-electron chi connectivity index (χ1n) is 8.83. The largest absolute Gasteiger partial charge is 0.491 e. The number of aryl methyl sites for hydroxylation is 1. The van der Waals surface area contributed by atoms with E-state index in [0.29, 0.717) is 10.7 Å². The molecule has 0 aliphatic rings. The van der Waals surface area contributed by atoms with Crippen molar-refractivity contribution in [1.82, 2.24) is 5.32 Å². The van der Waals surface area contributed by atoms with Crippen molar-refractivity contribution in [3.05, 3.63) is 58.6 Å². The van der Waals surface area contributed by atoms with E-state index in [1.165, 1.54) is 6.92 Å². The topological polar surface area (TPSA) is 75.7 Å². The van der Waals surface area contributed by atoms with Gasteiger partial charge in [0.1, 0.15) is 18.4 Å². The van der Waals surface area contributed by atoms with Gasteiger partial charge in [0, 0.05) is 5.02 Å². The molecule has 6 nitrogen and oxygen atoms in total. The summed E-state index contributed by atoms with van der Waals surface area (Å²) >= 11 is 5.87. The fraction of sp³-hybridized carbons (Fsp3) is 0.350. The Kier molecular flexibility index (Phi) is 7.32. The lowest BCUT2D eigenvalue weighted by Gasteiger charge is -2.28. The van der Waals surface area contributed by atoms with Crippen molar-refractivity contribution < 1.29 is 17.9 Å². The molecule has 1 amide bonds. The van der Waals surface area contributed by atoms with Crippen LogP contribution in [0.1, 0.15) is 18.1 Å². The van der Waals surface area contributed by atoms with Crippen molar-refractivity contribution in [2.75, 3.05) is 23.7 Å². The van der Waals surface area contributed by atoms with Crippen LogP contribution in [0.2, 0.25) is 5.02 Å². The fourth-order valence-corrected chi connectivity index (χ4v) is 4.06. The van der Waals surface area contributed by atoms with Gasteiger partial charge in [-0.25, -0.2) is 8.42 Å². The number of carbonyl (C=O) groups is 1. The van der Waals surface area contributed by atoms with Crippen molar-refractivity contribution in [2.24, 2.45) is 0 Å². The Morgan fingerprint density at radius 3 is 2.43 bits per heavy atom. The SMILES string of the molecule is Cc1cccc(OCCNC(=O)[C@H](C)N(c2ccc(Cl)cc2)S(C)(=O)=O)c1C. The van der Waals surface area contributed by atoms with E-state index < -0.39 is 22.0 Å². The Balaban J connectivity index is 1.99. The van der Waals surface area contributed by atoms with Gasteiger partial charge in [0.15, 0.2) is 0 Å². The van der Waals surface area contributed by atoms with Crippen molar-refractivity contribution >= 4 is 33.2 Å². The second-order valence-corrected chi connectivity index (χ2v) is 8.84. The number of anilines is 1. The molecule has 28 heavy (non-hydrogen) atoms. The number of benzene rings is 2. The summed E-state index contributed by atoms with van der Waals surface area (Å²) < 4.78 is 31.3. The van der Waals surface area contributed by atoms with E-state index in [2.05, 4.69) is 5.32 Å². The molecule has 0 aliphatic carbocycles. The van der Waals surface area contributed by atoms with Gasteiger partial charge in [0.2, 0.25) is 15.9 Å². The first-order chi connectivity index (χ1) is 13.1. The highest BCUT2D eigenvalue weighted by molar-refractivity contribution is 7.92. The van der Waals surface area contributed by atoms with Gasteiger partial charge >= 0.3 is 0 Å². The minimum atomic E-state index is -3.66. The Morgan fingerprint density at radius 2 is 1.82 bits per heavy atom. The molecular formula is C20H25ClN2O4S. The third-order valence-electron chi connectivity index (χ3n) is 4.38. The molecule has 8 heteroatoms. The molecule has 0 fully saturated rings. The van der Waals surface area contributed by atoms with Crippen LogP contribution >= 0.6 is 11.6 Å². The zero-order valence-electron chi connectivity index (χ0n) is 16.4. The normalized spacial score (nSPS) is 12.3. The van der Waals surface area contributed by atoms with Gasteiger partial charge in [-0.15, -0.1) is 0 Å². The molecular weight excluding hydrogens is 400 g/mol. The van der Waals surface area contributed by atoms with Crippen LogP contribution in [0.25, 0.3) is 0 Å². The highest BCUT2D eigenvalue weighted by Gasteiger charge is 2.28. The highest BCUT2D eigenvalue weighted by Crippen LogP contribution is 2.23. The number of nitrogens with zero attached hydrogens (tertiary/aromatic N) is 1. The number of amides is 1. The fourth-order valence-electron chi connectivity index (χ4n) is 2.76. The summed E-state index contributed by atoms with van der Waals surface area (Å²) in [6.45, 7) is 6.05. The van der Waals surface area contributed by atoms with E-state index in [1.54, 1.807) is 24.3 Å². The molecule has 0 radical (unpaired) electrons. The van der Waals surface area contributed by atoms with Crippen LogP contribution in [0.3, 0.4) is 0 Å². The molecule has 0 saturated heterocycles. The van der Waals surface area contributed by atoms with Gasteiger partial charge in [-0.2, -0.15) is 0 Å². The second-order valence-electron chi connectivity index (χ2n) is 6.55.